The van der Waals surface area contributed by atoms with Gasteiger partial charge in [-0.25, -0.2) is 8.78 Å². The van der Waals surface area contributed by atoms with E-state index in [-0.39, 0.29) is 13.2 Å². The number of halogens is 2. The minimum Gasteiger partial charge on any atom is -0.481 e. The van der Waals surface area contributed by atoms with E-state index in [9.17, 15) is 8.78 Å². The second-order valence-corrected chi connectivity index (χ2v) is 3.81. The van der Waals surface area contributed by atoms with Crippen LogP contribution in [0.4, 0.5) is 8.78 Å². The topological polar surface area (TPSA) is 61.3 Å². The standard InChI is InChI=1S/C12H12F2N2O2/c1-7-2-9(16-18-7)6-17-12-10(13)3-8(5-15)4-11(12)14/h2-4H,5-6,15H2,1H3. The lowest BCUT2D eigenvalue weighted by Crippen LogP contribution is -2.03. The molecule has 0 unspecified atom stereocenters. The summed E-state index contributed by atoms with van der Waals surface area (Å²) in [5.74, 6) is -1.40. The summed E-state index contributed by atoms with van der Waals surface area (Å²) in [7, 11) is 0. The number of rotatable bonds is 4. The van der Waals surface area contributed by atoms with Gasteiger partial charge >= 0.3 is 0 Å². The lowest BCUT2D eigenvalue weighted by molar-refractivity contribution is 0.261. The van der Waals surface area contributed by atoms with Crippen molar-refractivity contribution in [1.82, 2.24) is 5.16 Å². The molecule has 0 aliphatic carbocycles. The molecule has 0 fully saturated rings. The Morgan fingerprint density at radius 1 is 1.28 bits per heavy atom. The van der Waals surface area contributed by atoms with Crippen LogP contribution in [-0.2, 0) is 13.2 Å². The molecule has 2 N–H and O–H groups in total. The minimum atomic E-state index is -0.782. The fourth-order valence-corrected chi connectivity index (χ4v) is 1.50. The third-order valence-corrected chi connectivity index (χ3v) is 2.33. The van der Waals surface area contributed by atoms with Gasteiger partial charge in [0.05, 0.1) is 0 Å². The first-order valence-corrected chi connectivity index (χ1v) is 5.33. The SMILES string of the molecule is Cc1cc(COc2c(F)cc(CN)cc2F)no1. The zero-order valence-electron chi connectivity index (χ0n) is 9.74. The van der Waals surface area contributed by atoms with Crippen molar-refractivity contribution >= 4 is 0 Å². The van der Waals surface area contributed by atoms with Crippen molar-refractivity contribution in [1.29, 1.82) is 0 Å². The average Bonchev–Trinajstić information content (AvgIpc) is 2.73. The first kappa shape index (κ1) is 12.5. The van der Waals surface area contributed by atoms with Gasteiger partial charge in [0.15, 0.2) is 17.4 Å². The Balaban J connectivity index is 2.14. The highest BCUT2D eigenvalue weighted by atomic mass is 19.1. The number of ether oxygens (including phenoxy) is 1. The van der Waals surface area contributed by atoms with Gasteiger partial charge in [-0.05, 0) is 24.6 Å². The number of hydrogen-bond acceptors (Lipinski definition) is 4. The van der Waals surface area contributed by atoms with Crippen LogP contribution >= 0.6 is 0 Å². The molecular formula is C12H12F2N2O2. The molecule has 1 aromatic heterocycles. The Labute approximate surface area is 102 Å². The highest BCUT2D eigenvalue weighted by Gasteiger charge is 2.13. The lowest BCUT2D eigenvalue weighted by Gasteiger charge is -2.08. The molecule has 1 aromatic carbocycles. The third-order valence-electron chi connectivity index (χ3n) is 2.33. The molecule has 0 aliphatic rings. The molecule has 0 aliphatic heterocycles. The zero-order chi connectivity index (χ0) is 13.1. The molecule has 0 saturated carbocycles. The average molecular weight is 254 g/mol. The maximum absolute atomic E-state index is 13.5. The minimum absolute atomic E-state index is 0.0623. The number of nitrogens with zero attached hydrogens (tertiary/aromatic N) is 1. The van der Waals surface area contributed by atoms with Gasteiger partial charge in [-0.2, -0.15) is 0 Å². The summed E-state index contributed by atoms with van der Waals surface area (Å²) < 4.78 is 37.0. The molecule has 0 atom stereocenters. The molecule has 0 amide bonds. The van der Waals surface area contributed by atoms with Crippen LogP contribution in [0.5, 0.6) is 5.75 Å². The summed E-state index contributed by atoms with van der Waals surface area (Å²) in [4.78, 5) is 0. The monoisotopic (exact) mass is 254 g/mol. The Morgan fingerprint density at radius 2 is 1.94 bits per heavy atom. The van der Waals surface area contributed by atoms with Crippen molar-refractivity contribution in [3.8, 4) is 5.75 Å². The van der Waals surface area contributed by atoms with E-state index in [1.54, 1.807) is 13.0 Å². The van der Waals surface area contributed by atoms with E-state index in [1.807, 2.05) is 0 Å². The van der Waals surface area contributed by atoms with Gasteiger partial charge in [0.2, 0.25) is 0 Å². The fourth-order valence-electron chi connectivity index (χ4n) is 1.50. The van der Waals surface area contributed by atoms with Crippen LogP contribution in [0, 0.1) is 18.6 Å². The first-order valence-electron chi connectivity index (χ1n) is 5.33. The Hall–Kier alpha value is -1.95. The van der Waals surface area contributed by atoms with Crippen LogP contribution < -0.4 is 10.5 Å². The molecule has 0 spiro atoms. The highest BCUT2D eigenvalue weighted by Crippen LogP contribution is 2.24. The van der Waals surface area contributed by atoms with Crippen LogP contribution in [0.25, 0.3) is 0 Å². The highest BCUT2D eigenvalue weighted by molar-refractivity contribution is 5.31. The normalized spacial score (nSPS) is 10.7. The molecule has 2 aromatic rings. The maximum atomic E-state index is 13.5. The van der Waals surface area contributed by atoms with Gasteiger partial charge in [0, 0.05) is 12.6 Å². The molecule has 0 radical (unpaired) electrons. The summed E-state index contributed by atoms with van der Waals surface area (Å²) in [5, 5.41) is 3.66. The molecule has 1 heterocycles. The van der Waals surface area contributed by atoms with Gasteiger partial charge in [-0.1, -0.05) is 5.16 Å². The number of aryl methyl sites for hydroxylation is 1. The quantitative estimate of drug-likeness (QED) is 0.909. The van der Waals surface area contributed by atoms with Crippen LogP contribution in [0.1, 0.15) is 17.0 Å². The molecular weight excluding hydrogens is 242 g/mol. The summed E-state index contributed by atoms with van der Waals surface area (Å²) in [5.41, 5.74) is 6.15. The predicted octanol–water partition coefficient (Wildman–Crippen LogP) is 2.30. The second kappa shape index (κ2) is 5.14. The lowest BCUT2D eigenvalue weighted by atomic mass is 10.2. The van der Waals surface area contributed by atoms with Gasteiger partial charge in [-0.3, -0.25) is 0 Å². The number of benzene rings is 1. The predicted molar refractivity (Wildman–Crippen MR) is 59.8 cm³/mol. The Bertz CT molecular complexity index is 532. The van der Waals surface area contributed by atoms with Crippen LogP contribution in [0.2, 0.25) is 0 Å². The second-order valence-electron chi connectivity index (χ2n) is 3.81. The van der Waals surface area contributed by atoms with Crippen molar-refractivity contribution in [2.75, 3.05) is 0 Å². The van der Waals surface area contributed by atoms with E-state index in [0.717, 1.165) is 12.1 Å². The summed E-state index contributed by atoms with van der Waals surface area (Å²) in [6.07, 6.45) is 0. The Kier molecular flexibility index (Phi) is 3.57. The van der Waals surface area contributed by atoms with Gasteiger partial charge < -0.3 is 15.0 Å². The summed E-state index contributed by atoms with van der Waals surface area (Å²) in [6.45, 7) is 1.72. The van der Waals surface area contributed by atoms with Crippen molar-refractivity contribution in [2.24, 2.45) is 5.73 Å². The van der Waals surface area contributed by atoms with Gasteiger partial charge in [0.1, 0.15) is 18.1 Å². The number of hydrogen-bond donors (Lipinski definition) is 1. The molecule has 18 heavy (non-hydrogen) atoms. The van der Waals surface area contributed by atoms with Crippen molar-refractivity contribution in [2.45, 2.75) is 20.1 Å². The van der Waals surface area contributed by atoms with E-state index in [4.69, 9.17) is 15.0 Å². The number of aromatic nitrogens is 1. The molecule has 0 bridgehead atoms. The first-order chi connectivity index (χ1) is 8.60. The third kappa shape index (κ3) is 2.65. The van der Waals surface area contributed by atoms with Crippen molar-refractivity contribution in [3.05, 3.63) is 46.9 Å². The Morgan fingerprint density at radius 3 is 2.44 bits per heavy atom. The van der Waals surface area contributed by atoms with E-state index >= 15 is 0 Å². The molecule has 6 heteroatoms. The fraction of sp³-hybridized carbons (Fsp3) is 0.250. The van der Waals surface area contributed by atoms with Crippen molar-refractivity contribution in [3.63, 3.8) is 0 Å². The maximum Gasteiger partial charge on any atom is 0.191 e. The van der Waals surface area contributed by atoms with Crippen molar-refractivity contribution < 1.29 is 18.0 Å². The number of nitrogens with two attached hydrogens (primary N) is 1. The zero-order valence-corrected chi connectivity index (χ0v) is 9.74. The van der Waals surface area contributed by atoms with Crippen LogP contribution in [-0.4, -0.2) is 5.16 Å². The van der Waals surface area contributed by atoms with E-state index < -0.39 is 17.4 Å². The molecule has 0 saturated heterocycles. The van der Waals surface area contributed by atoms with Gasteiger partial charge in [0.25, 0.3) is 0 Å². The largest absolute Gasteiger partial charge is 0.481 e. The smallest absolute Gasteiger partial charge is 0.191 e. The molecule has 2 rings (SSSR count). The van der Waals surface area contributed by atoms with E-state index in [0.29, 0.717) is 17.0 Å². The molecule has 96 valence electrons. The van der Waals surface area contributed by atoms with E-state index in [1.165, 1.54) is 0 Å². The summed E-state index contributed by atoms with van der Waals surface area (Å²) >= 11 is 0. The molecule has 4 nitrogen and oxygen atoms in total. The van der Waals surface area contributed by atoms with Crippen LogP contribution in [0.3, 0.4) is 0 Å². The van der Waals surface area contributed by atoms with Gasteiger partial charge in [-0.15, -0.1) is 0 Å². The summed E-state index contributed by atoms with van der Waals surface area (Å²) in [6, 6.07) is 3.92. The van der Waals surface area contributed by atoms with E-state index in [2.05, 4.69) is 5.16 Å². The van der Waals surface area contributed by atoms with Crippen LogP contribution in [0.15, 0.2) is 22.7 Å².